The van der Waals surface area contributed by atoms with E-state index in [0.29, 0.717) is 11.4 Å². The van der Waals surface area contributed by atoms with Gasteiger partial charge >= 0.3 is 0 Å². The van der Waals surface area contributed by atoms with Crippen LogP contribution in [-0.2, 0) is 4.74 Å². The average molecular weight is 220 g/mol. The van der Waals surface area contributed by atoms with Gasteiger partial charge in [-0.25, -0.2) is 0 Å². The maximum absolute atomic E-state index is 9.61. The molecular weight excluding hydrogens is 208 g/mol. The first-order valence-corrected chi connectivity index (χ1v) is 4.87. The summed E-state index contributed by atoms with van der Waals surface area (Å²) >= 11 is 0. The zero-order chi connectivity index (χ0) is 11.5. The molecular formula is C11H12N2O3. The van der Waals surface area contributed by atoms with E-state index in [1.165, 1.54) is 0 Å². The van der Waals surface area contributed by atoms with Gasteiger partial charge in [0.2, 0.25) is 5.82 Å². The maximum atomic E-state index is 9.61. The van der Waals surface area contributed by atoms with E-state index in [4.69, 9.17) is 9.26 Å². The second kappa shape index (κ2) is 4.32. The molecule has 84 valence electrons. The van der Waals surface area contributed by atoms with Crippen LogP contribution in [0.1, 0.15) is 18.9 Å². The Morgan fingerprint density at radius 3 is 2.81 bits per heavy atom. The number of aromatic nitrogens is 2. The Hall–Kier alpha value is -1.88. The lowest BCUT2D eigenvalue weighted by Gasteiger charge is -2.01. The summed E-state index contributed by atoms with van der Waals surface area (Å²) in [4.78, 5) is 4.15. The second-order valence-electron chi connectivity index (χ2n) is 3.35. The van der Waals surface area contributed by atoms with Gasteiger partial charge in [0.05, 0.1) is 5.56 Å². The number of aromatic hydroxyl groups is 1. The Morgan fingerprint density at radius 2 is 2.12 bits per heavy atom. The van der Waals surface area contributed by atoms with E-state index < -0.39 is 0 Å². The summed E-state index contributed by atoms with van der Waals surface area (Å²) in [5, 5.41) is 13.4. The lowest BCUT2D eigenvalue weighted by atomic mass is 10.2. The molecule has 0 amide bonds. The Kier molecular flexibility index (Phi) is 2.87. The van der Waals surface area contributed by atoms with Crippen molar-refractivity contribution in [1.82, 2.24) is 10.1 Å². The molecule has 5 nitrogen and oxygen atoms in total. The van der Waals surface area contributed by atoms with Crippen molar-refractivity contribution >= 4 is 0 Å². The van der Waals surface area contributed by atoms with E-state index >= 15 is 0 Å². The Labute approximate surface area is 92.7 Å². The number of nitrogens with zero attached hydrogens (tertiary/aromatic N) is 2. The molecule has 16 heavy (non-hydrogen) atoms. The van der Waals surface area contributed by atoms with Crippen molar-refractivity contribution in [1.29, 1.82) is 0 Å². The molecule has 1 aromatic heterocycles. The summed E-state index contributed by atoms with van der Waals surface area (Å²) in [6.45, 7) is 1.82. The standard InChI is InChI=1S/C11H12N2O3/c1-7(15-2)10-12-11(16-13-10)8-5-3-4-6-9(8)14/h3-7,14H,1-2H3. The lowest BCUT2D eigenvalue weighted by Crippen LogP contribution is -1.97. The Bertz CT molecular complexity index is 482. The van der Waals surface area contributed by atoms with Crippen molar-refractivity contribution in [3.8, 4) is 17.2 Å². The summed E-state index contributed by atoms with van der Waals surface area (Å²) in [6.07, 6.45) is -0.233. The number of phenols is 1. The number of ether oxygens (including phenoxy) is 1. The highest BCUT2D eigenvalue weighted by molar-refractivity contribution is 5.61. The molecule has 0 aliphatic rings. The molecule has 1 aromatic carbocycles. The first-order chi connectivity index (χ1) is 7.72. The number of phenolic OH excluding ortho intramolecular Hbond substituents is 1. The van der Waals surface area contributed by atoms with E-state index in [2.05, 4.69) is 10.1 Å². The van der Waals surface area contributed by atoms with E-state index in [1.54, 1.807) is 31.4 Å². The van der Waals surface area contributed by atoms with Crippen molar-refractivity contribution in [2.75, 3.05) is 7.11 Å². The molecule has 1 heterocycles. The number of para-hydroxylation sites is 1. The highest BCUT2D eigenvalue weighted by Crippen LogP contribution is 2.27. The largest absolute Gasteiger partial charge is 0.507 e. The van der Waals surface area contributed by atoms with Gasteiger partial charge in [0, 0.05) is 7.11 Å². The third kappa shape index (κ3) is 1.90. The van der Waals surface area contributed by atoms with Crippen molar-refractivity contribution < 1.29 is 14.4 Å². The molecule has 1 N–H and O–H groups in total. The fourth-order valence-electron chi connectivity index (χ4n) is 1.27. The summed E-state index contributed by atoms with van der Waals surface area (Å²) in [7, 11) is 1.57. The minimum Gasteiger partial charge on any atom is -0.507 e. The predicted octanol–water partition coefficient (Wildman–Crippen LogP) is 2.15. The van der Waals surface area contributed by atoms with Crippen molar-refractivity contribution in [3.63, 3.8) is 0 Å². The summed E-state index contributed by atoms with van der Waals surface area (Å²) in [5.74, 6) is 0.862. The van der Waals surface area contributed by atoms with Gasteiger partial charge in [-0.05, 0) is 19.1 Å². The average Bonchev–Trinajstić information content (AvgIpc) is 2.78. The van der Waals surface area contributed by atoms with Crippen LogP contribution in [-0.4, -0.2) is 22.4 Å². The lowest BCUT2D eigenvalue weighted by molar-refractivity contribution is 0.109. The maximum Gasteiger partial charge on any atom is 0.261 e. The third-order valence-electron chi connectivity index (χ3n) is 2.29. The van der Waals surface area contributed by atoms with Gasteiger partial charge in [-0.15, -0.1) is 0 Å². The predicted molar refractivity (Wildman–Crippen MR) is 56.8 cm³/mol. The molecule has 0 spiro atoms. The van der Waals surface area contributed by atoms with Gasteiger partial charge in [-0.1, -0.05) is 17.3 Å². The van der Waals surface area contributed by atoms with Gasteiger partial charge in [0.15, 0.2) is 0 Å². The topological polar surface area (TPSA) is 68.4 Å². The number of hydrogen-bond donors (Lipinski definition) is 1. The van der Waals surface area contributed by atoms with E-state index in [-0.39, 0.29) is 17.7 Å². The molecule has 2 aromatic rings. The third-order valence-corrected chi connectivity index (χ3v) is 2.29. The highest BCUT2D eigenvalue weighted by atomic mass is 16.5. The molecule has 0 aliphatic carbocycles. The zero-order valence-corrected chi connectivity index (χ0v) is 9.04. The van der Waals surface area contributed by atoms with Gasteiger partial charge in [0.1, 0.15) is 11.9 Å². The minimum atomic E-state index is -0.233. The minimum absolute atomic E-state index is 0.114. The molecule has 1 unspecified atom stereocenters. The highest BCUT2D eigenvalue weighted by Gasteiger charge is 2.15. The quantitative estimate of drug-likeness (QED) is 0.858. The summed E-state index contributed by atoms with van der Waals surface area (Å²) in [5.41, 5.74) is 0.518. The first kappa shape index (κ1) is 10.6. The van der Waals surface area contributed by atoms with Crippen LogP contribution >= 0.6 is 0 Å². The van der Waals surface area contributed by atoms with Crippen LogP contribution in [0.5, 0.6) is 5.75 Å². The van der Waals surface area contributed by atoms with Gasteiger partial charge in [-0.2, -0.15) is 4.98 Å². The molecule has 2 rings (SSSR count). The van der Waals surface area contributed by atoms with Gasteiger partial charge in [0.25, 0.3) is 5.89 Å². The fraction of sp³-hybridized carbons (Fsp3) is 0.273. The Morgan fingerprint density at radius 1 is 1.38 bits per heavy atom. The smallest absolute Gasteiger partial charge is 0.261 e. The van der Waals surface area contributed by atoms with Crippen LogP contribution in [0.15, 0.2) is 28.8 Å². The van der Waals surface area contributed by atoms with Crippen molar-refractivity contribution in [2.24, 2.45) is 0 Å². The molecule has 0 saturated heterocycles. The normalized spacial score (nSPS) is 12.6. The molecule has 0 radical (unpaired) electrons. The van der Waals surface area contributed by atoms with E-state index in [1.807, 2.05) is 6.92 Å². The van der Waals surface area contributed by atoms with Crippen molar-refractivity contribution in [3.05, 3.63) is 30.1 Å². The van der Waals surface area contributed by atoms with Crippen LogP contribution in [0.3, 0.4) is 0 Å². The van der Waals surface area contributed by atoms with Crippen LogP contribution in [0, 0.1) is 0 Å². The van der Waals surface area contributed by atoms with Crippen LogP contribution < -0.4 is 0 Å². The number of rotatable bonds is 3. The number of benzene rings is 1. The zero-order valence-electron chi connectivity index (χ0n) is 9.04. The van der Waals surface area contributed by atoms with E-state index in [9.17, 15) is 5.11 Å². The Balaban J connectivity index is 2.35. The number of hydrogen-bond acceptors (Lipinski definition) is 5. The molecule has 0 saturated carbocycles. The fourth-order valence-corrected chi connectivity index (χ4v) is 1.27. The SMILES string of the molecule is COC(C)c1noc(-c2ccccc2O)n1. The van der Waals surface area contributed by atoms with Crippen molar-refractivity contribution in [2.45, 2.75) is 13.0 Å². The molecule has 0 aliphatic heterocycles. The second-order valence-corrected chi connectivity index (χ2v) is 3.35. The van der Waals surface area contributed by atoms with Crippen LogP contribution in [0.25, 0.3) is 11.5 Å². The van der Waals surface area contributed by atoms with Gasteiger partial charge < -0.3 is 14.4 Å². The summed E-state index contributed by atoms with van der Waals surface area (Å²) < 4.78 is 10.1. The molecule has 0 fully saturated rings. The first-order valence-electron chi connectivity index (χ1n) is 4.87. The van der Waals surface area contributed by atoms with E-state index in [0.717, 1.165) is 0 Å². The molecule has 5 heteroatoms. The van der Waals surface area contributed by atoms with Crippen LogP contribution in [0.2, 0.25) is 0 Å². The van der Waals surface area contributed by atoms with Crippen LogP contribution in [0.4, 0.5) is 0 Å². The summed E-state index contributed by atoms with van der Waals surface area (Å²) in [6, 6.07) is 6.80. The van der Waals surface area contributed by atoms with Gasteiger partial charge in [-0.3, -0.25) is 0 Å². The molecule has 0 bridgehead atoms. The monoisotopic (exact) mass is 220 g/mol. The molecule has 1 atom stereocenters. The number of methoxy groups -OCH3 is 1.